The highest BCUT2D eigenvalue weighted by Gasteiger charge is 2.31. The molecular formula is C25H26ClN3O2S. The van der Waals surface area contributed by atoms with Crippen molar-refractivity contribution in [2.24, 2.45) is 0 Å². The molecule has 0 saturated heterocycles. The highest BCUT2D eigenvalue weighted by atomic mass is 35.5. The Bertz CT molecular complexity index is 1330. The smallest absolute Gasteiger partial charge is 0.245 e. The standard InChI is InChI=1S/C25H26ClN3O2S/c1-3-19(2)29(32(30,31)24-13-5-9-21-10-6-14-27-25(21)24)18-23-12-7-15-28(23)17-20-8-4-11-22(26)16-20/h4-16,19H,3,17-18H2,1-2H3. The molecule has 0 bridgehead atoms. The van der Waals surface area contributed by atoms with E-state index < -0.39 is 10.0 Å². The van der Waals surface area contributed by atoms with Crippen LogP contribution in [0, 0.1) is 0 Å². The van der Waals surface area contributed by atoms with Crippen LogP contribution in [0.2, 0.25) is 5.02 Å². The van der Waals surface area contributed by atoms with Crippen molar-refractivity contribution in [1.82, 2.24) is 13.9 Å². The summed E-state index contributed by atoms with van der Waals surface area (Å²) in [6.07, 6.45) is 4.30. The zero-order valence-corrected chi connectivity index (χ0v) is 19.7. The van der Waals surface area contributed by atoms with Crippen LogP contribution in [0.15, 0.2) is 84.0 Å². The number of nitrogens with zero attached hydrogens (tertiary/aromatic N) is 3. The van der Waals surface area contributed by atoms with Crippen LogP contribution < -0.4 is 0 Å². The van der Waals surface area contributed by atoms with E-state index in [0.29, 0.717) is 23.5 Å². The average Bonchev–Trinajstić information content (AvgIpc) is 3.23. The van der Waals surface area contributed by atoms with Crippen LogP contribution in [-0.4, -0.2) is 28.3 Å². The van der Waals surface area contributed by atoms with Crippen LogP contribution in [0.1, 0.15) is 31.5 Å². The summed E-state index contributed by atoms with van der Waals surface area (Å²) in [6, 6.07) is 20.4. The zero-order chi connectivity index (χ0) is 22.7. The maximum Gasteiger partial charge on any atom is 0.245 e. The number of aromatic nitrogens is 2. The lowest BCUT2D eigenvalue weighted by Gasteiger charge is -2.28. The van der Waals surface area contributed by atoms with E-state index in [9.17, 15) is 8.42 Å². The highest BCUT2D eigenvalue weighted by Crippen LogP contribution is 2.28. The number of halogens is 1. The summed E-state index contributed by atoms with van der Waals surface area (Å²) >= 11 is 6.14. The van der Waals surface area contributed by atoms with Gasteiger partial charge < -0.3 is 4.57 Å². The lowest BCUT2D eigenvalue weighted by atomic mass is 10.2. The molecule has 1 unspecified atom stereocenters. The second-order valence-electron chi connectivity index (χ2n) is 7.90. The first-order valence-corrected chi connectivity index (χ1v) is 12.5. The van der Waals surface area contributed by atoms with Gasteiger partial charge in [-0.1, -0.05) is 48.9 Å². The van der Waals surface area contributed by atoms with E-state index in [1.165, 1.54) is 0 Å². The molecule has 0 aliphatic rings. The molecule has 4 rings (SSSR count). The van der Waals surface area contributed by atoms with Crippen molar-refractivity contribution in [2.45, 2.75) is 44.3 Å². The number of hydrogen-bond donors (Lipinski definition) is 0. The Morgan fingerprint density at radius 2 is 1.84 bits per heavy atom. The van der Waals surface area contributed by atoms with Crippen molar-refractivity contribution in [3.63, 3.8) is 0 Å². The van der Waals surface area contributed by atoms with Crippen LogP contribution in [0.5, 0.6) is 0 Å². The van der Waals surface area contributed by atoms with E-state index in [4.69, 9.17) is 11.6 Å². The van der Waals surface area contributed by atoms with Crippen molar-refractivity contribution >= 4 is 32.5 Å². The Balaban J connectivity index is 1.71. The third-order valence-corrected chi connectivity index (χ3v) is 7.97. The predicted octanol–water partition coefficient (Wildman–Crippen LogP) is 5.73. The van der Waals surface area contributed by atoms with Gasteiger partial charge in [0, 0.05) is 41.1 Å². The molecule has 0 fully saturated rings. The monoisotopic (exact) mass is 467 g/mol. The number of sulfonamides is 1. The molecule has 0 aliphatic carbocycles. The second-order valence-corrected chi connectivity index (χ2v) is 10.2. The van der Waals surface area contributed by atoms with E-state index in [2.05, 4.69) is 9.55 Å². The first kappa shape index (κ1) is 22.5. The van der Waals surface area contributed by atoms with E-state index in [-0.39, 0.29) is 17.5 Å². The molecule has 166 valence electrons. The van der Waals surface area contributed by atoms with Gasteiger partial charge in [-0.3, -0.25) is 4.98 Å². The van der Waals surface area contributed by atoms with Crippen molar-refractivity contribution < 1.29 is 8.42 Å². The van der Waals surface area contributed by atoms with Gasteiger partial charge in [0.25, 0.3) is 0 Å². The Morgan fingerprint density at radius 1 is 1.06 bits per heavy atom. The maximum absolute atomic E-state index is 13.8. The van der Waals surface area contributed by atoms with Gasteiger partial charge in [0.1, 0.15) is 4.90 Å². The summed E-state index contributed by atoms with van der Waals surface area (Å²) in [5, 5.41) is 1.49. The highest BCUT2D eigenvalue weighted by molar-refractivity contribution is 7.89. The van der Waals surface area contributed by atoms with E-state index in [0.717, 1.165) is 16.6 Å². The summed E-state index contributed by atoms with van der Waals surface area (Å²) in [5.74, 6) is 0. The molecule has 2 aromatic heterocycles. The molecular weight excluding hydrogens is 442 g/mol. The summed E-state index contributed by atoms with van der Waals surface area (Å²) < 4.78 is 31.3. The molecule has 0 saturated carbocycles. The molecule has 0 N–H and O–H groups in total. The van der Waals surface area contributed by atoms with Gasteiger partial charge in [0.05, 0.1) is 12.1 Å². The molecule has 32 heavy (non-hydrogen) atoms. The minimum absolute atomic E-state index is 0.173. The minimum Gasteiger partial charge on any atom is -0.346 e. The molecule has 2 aromatic carbocycles. The quantitative estimate of drug-likeness (QED) is 0.332. The van der Waals surface area contributed by atoms with E-state index in [1.54, 1.807) is 22.6 Å². The number of fused-ring (bicyclic) bond motifs is 1. The summed E-state index contributed by atoms with van der Waals surface area (Å²) in [4.78, 5) is 4.61. The Morgan fingerprint density at radius 3 is 2.62 bits per heavy atom. The molecule has 1 atom stereocenters. The first-order chi connectivity index (χ1) is 15.4. The minimum atomic E-state index is -3.78. The topological polar surface area (TPSA) is 55.2 Å². The molecule has 0 radical (unpaired) electrons. The van der Waals surface area contributed by atoms with E-state index in [1.807, 2.05) is 74.6 Å². The fourth-order valence-electron chi connectivity index (χ4n) is 3.83. The third-order valence-electron chi connectivity index (χ3n) is 5.75. The van der Waals surface area contributed by atoms with Gasteiger partial charge in [-0.15, -0.1) is 0 Å². The van der Waals surface area contributed by atoms with Crippen LogP contribution in [0.3, 0.4) is 0 Å². The molecule has 2 heterocycles. The van der Waals surface area contributed by atoms with Gasteiger partial charge in [0.15, 0.2) is 0 Å². The largest absolute Gasteiger partial charge is 0.346 e. The molecule has 7 heteroatoms. The third kappa shape index (κ3) is 4.58. The number of rotatable bonds is 8. The number of hydrogen-bond acceptors (Lipinski definition) is 3. The lowest BCUT2D eigenvalue weighted by Crippen LogP contribution is -2.38. The van der Waals surface area contributed by atoms with Crippen LogP contribution in [0.25, 0.3) is 10.9 Å². The molecule has 0 amide bonds. The zero-order valence-electron chi connectivity index (χ0n) is 18.1. The predicted molar refractivity (Wildman–Crippen MR) is 129 cm³/mol. The van der Waals surface area contributed by atoms with Crippen molar-refractivity contribution in [1.29, 1.82) is 0 Å². The van der Waals surface area contributed by atoms with Crippen molar-refractivity contribution in [3.05, 3.63) is 95.4 Å². The fourth-order valence-corrected chi connectivity index (χ4v) is 5.89. The van der Waals surface area contributed by atoms with Gasteiger partial charge in [-0.25, -0.2) is 8.42 Å². The lowest BCUT2D eigenvalue weighted by molar-refractivity contribution is 0.316. The van der Waals surface area contributed by atoms with E-state index >= 15 is 0 Å². The number of benzene rings is 2. The van der Waals surface area contributed by atoms with Crippen LogP contribution in [0.4, 0.5) is 0 Å². The molecule has 4 aromatic rings. The first-order valence-electron chi connectivity index (χ1n) is 10.6. The van der Waals surface area contributed by atoms with Gasteiger partial charge in [-0.05, 0) is 55.3 Å². The Kier molecular flexibility index (Phi) is 6.65. The maximum atomic E-state index is 13.8. The van der Waals surface area contributed by atoms with Gasteiger partial charge in [-0.2, -0.15) is 4.31 Å². The summed E-state index contributed by atoms with van der Waals surface area (Å²) in [5.41, 5.74) is 2.48. The Labute approximate surface area is 194 Å². The van der Waals surface area contributed by atoms with Crippen LogP contribution >= 0.6 is 11.6 Å². The average molecular weight is 468 g/mol. The second kappa shape index (κ2) is 9.45. The Hall–Kier alpha value is -2.67. The number of para-hydroxylation sites is 1. The summed E-state index contributed by atoms with van der Waals surface area (Å²) in [6.45, 7) is 4.83. The van der Waals surface area contributed by atoms with Crippen molar-refractivity contribution in [2.75, 3.05) is 0 Å². The normalized spacial score (nSPS) is 13.0. The summed E-state index contributed by atoms with van der Waals surface area (Å²) in [7, 11) is -3.78. The SMILES string of the molecule is CCC(C)N(Cc1cccn1Cc1cccc(Cl)c1)S(=O)(=O)c1cccc2cccnc12. The number of pyridine rings is 1. The van der Waals surface area contributed by atoms with Gasteiger partial charge in [0.2, 0.25) is 10.0 Å². The molecule has 0 spiro atoms. The fraction of sp³-hybridized carbons (Fsp3) is 0.240. The molecule has 5 nitrogen and oxygen atoms in total. The molecule has 0 aliphatic heterocycles. The van der Waals surface area contributed by atoms with Crippen molar-refractivity contribution in [3.8, 4) is 0 Å². The van der Waals surface area contributed by atoms with Gasteiger partial charge >= 0.3 is 0 Å². The van der Waals surface area contributed by atoms with Crippen LogP contribution in [-0.2, 0) is 23.1 Å².